The molecule has 0 radical (unpaired) electrons. The molecule has 0 aliphatic carbocycles. The molecule has 1 aliphatic heterocycles. The van der Waals surface area contributed by atoms with E-state index in [9.17, 15) is 9.59 Å². The molecule has 5 nitrogen and oxygen atoms in total. The first-order valence-electron chi connectivity index (χ1n) is 6.73. The molecular weight excluding hydrogens is 256 g/mol. The van der Waals surface area contributed by atoms with Gasteiger partial charge in [-0.25, -0.2) is 0 Å². The van der Waals surface area contributed by atoms with Crippen molar-refractivity contribution >= 4 is 11.8 Å². The summed E-state index contributed by atoms with van der Waals surface area (Å²) in [5, 5.41) is 0. The number of carbonyl (C=O) groups is 2. The lowest BCUT2D eigenvalue weighted by atomic mass is 10.2. The second kappa shape index (κ2) is 5.94. The molecule has 20 heavy (non-hydrogen) atoms. The fourth-order valence-electron chi connectivity index (χ4n) is 2.22. The molecule has 0 saturated carbocycles. The van der Waals surface area contributed by atoms with Crippen molar-refractivity contribution in [2.45, 2.75) is 19.9 Å². The number of carbonyl (C=O) groups excluding carboxylic acids is 2. The number of amides is 2. The van der Waals surface area contributed by atoms with Gasteiger partial charge in [-0.05, 0) is 26.0 Å². The Kier molecular flexibility index (Phi) is 4.27. The van der Waals surface area contributed by atoms with Crippen LogP contribution in [0.3, 0.4) is 0 Å². The molecule has 2 amide bonds. The Morgan fingerprint density at radius 3 is 2.60 bits per heavy atom. The first-order valence-corrected chi connectivity index (χ1v) is 6.73. The Morgan fingerprint density at radius 2 is 1.95 bits per heavy atom. The van der Waals surface area contributed by atoms with E-state index in [1.54, 1.807) is 23.8 Å². The van der Waals surface area contributed by atoms with E-state index < -0.39 is 6.04 Å². The number of piperazine rings is 1. The normalized spacial score (nSPS) is 19.1. The van der Waals surface area contributed by atoms with Gasteiger partial charge in [-0.2, -0.15) is 0 Å². The number of aryl methyl sites for hydroxylation is 1. The van der Waals surface area contributed by atoms with Gasteiger partial charge >= 0.3 is 0 Å². The number of hydrogen-bond donors (Lipinski definition) is 0. The fraction of sp³-hybridized carbons (Fsp3) is 0.467. The van der Waals surface area contributed by atoms with Crippen molar-refractivity contribution < 1.29 is 14.3 Å². The Hall–Kier alpha value is -2.04. The van der Waals surface area contributed by atoms with Gasteiger partial charge in [0.1, 0.15) is 11.8 Å². The summed E-state index contributed by atoms with van der Waals surface area (Å²) >= 11 is 0. The van der Waals surface area contributed by atoms with Gasteiger partial charge in [0.2, 0.25) is 5.91 Å². The van der Waals surface area contributed by atoms with Crippen LogP contribution < -0.4 is 4.74 Å². The molecule has 1 saturated heterocycles. The monoisotopic (exact) mass is 276 g/mol. The van der Waals surface area contributed by atoms with Gasteiger partial charge in [-0.3, -0.25) is 9.59 Å². The molecule has 1 heterocycles. The van der Waals surface area contributed by atoms with Crippen molar-refractivity contribution in [3.8, 4) is 5.75 Å². The third-order valence-corrected chi connectivity index (χ3v) is 3.58. The molecule has 1 aromatic carbocycles. The van der Waals surface area contributed by atoms with Gasteiger partial charge in [-0.15, -0.1) is 0 Å². The first kappa shape index (κ1) is 14.4. The minimum atomic E-state index is -0.414. The Balaban J connectivity index is 1.91. The zero-order chi connectivity index (χ0) is 14.7. The predicted molar refractivity (Wildman–Crippen MR) is 75.5 cm³/mol. The van der Waals surface area contributed by atoms with Crippen molar-refractivity contribution in [2.75, 3.05) is 26.7 Å². The molecule has 0 N–H and O–H groups in total. The van der Waals surface area contributed by atoms with Crippen LogP contribution in [0.1, 0.15) is 12.5 Å². The molecule has 0 bridgehead atoms. The van der Waals surface area contributed by atoms with Gasteiger partial charge in [0.05, 0.1) is 0 Å². The van der Waals surface area contributed by atoms with E-state index in [-0.39, 0.29) is 18.4 Å². The van der Waals surface area contributed by atoms with E-state index >= 15 is 0 Å². The Bertz CT molecular complexity index is 498. The summed E-state index contributed by atoms with van der Waals surface area (Å²) in [6.45, 7) is 4.83. The van der Waals surface area contributed by atoms with Crippen LogP contribution in [-0.4, -0.2) is 54.4 Å². The largest absolute Gasteiger partial charge is 0.484 e. The van der Waals surface area contributed by atoms with E-state index in [0.717, 1.165) is 5.56 Å². The van der Waals surface area contributed by atoms with Crippen LogP contribution in [0.5, 0.6) is 5.75 Å². The lowest BCUT2D eigenvalue weighted by molar-refractivity contribution is -0.150. The Labute approximate surface area is 119 Å². The van der Waals surface area contributed by atoms with E-state index in [4.69, 9.17) is 4.74 Å². The van der Waals surface area contributed by atoms with Gasteiger partial charge < -0.3 is 14.5 Å². The summed E-state index contributed by atoms with van der Waals surface area (Å²) in [6, 6.07) is 7.12. The van der Waals surface area contributed by atoms with Gasteiger partial charge in [0.15, 0.2) is 6.61 Å². The summed E-state index contributed by atoms with van der Waals surface area (Å²) in [4.78, 5) is 27.2. The molecule has 0 spiro atoms. The van der Waals surface area contributed by atoms with Crippen LogP contribution in [0.4, 0.5) is 0 Å². The number of nitrogens with zero attached hydrogens (tertiary/aromatic N) is 2. The van der Waals surface area contributed by atoms with Gasteiger partial charge in [0.25, 0.3) is 5.91 Å². The smallest absolute Gasteiger partial charge is 0.261 e. The van der Waals surface area contributed by atoms with Crippen LogP contribution in [-0.2, 0) is 9.59 Å². The zero-order valence-electron chi connectivity index (χ0n) is 12.1. The van der Waals surface area contributed by atoms with E-state index in [1.165, 1.54) is 0 Å². The van der Waals surface area contributed by atoms with Crippen molar-refractivity contribution in [3.05, 3.63) is 29.8 Å². The molecule has 1 atom stereocenters. The van der Waals surface area contributed by atoms with E-state index in [2.05, 4.69) is 0 Å². The average molecular weight is 276 g/mol. The summed E-state index contributed by atoms with van der Waals surface area (Å²) in [6.07, 6.45) is 0. The SMILES string of the molecule is Cc1ccc(OCC(=O)N2CCN(C)C(=O)C2C)cc1. The molecule has 1 aliphatic rings. The highest BCUT2D eigenvalue weighted by Crippen LogP contribution is 2.13. The maximum absolute atomic E-state index is 12.1. The van der Waals surface area contributed by atoms with E-state index in [1.807, 2.05) is 31.2 Å². The highest BCUT2D eigenvalue weighted by molar-refractivity contribution is 5.88. The van der Waals surface area contributed by atoms with Crippen LogP contribution in [0.15, 0.2) is 24.3 Å². The molecule has 5 heteroatoms. The van der Waals surface area contributed by atoms with Gasteiger partial charge in [0, 0.05) is 20.1 Å². The van der Waals surface area contributed by atoms with Crippen molar-refractivity contribution in [2.24, 2.45) is 0 Å². The molecule has 1 fully saturated rings. The van der Waals surface area contributed by atoms with Gasteiger partial charge in [-0.1, -0.05) is 17.7 Å². The maximum Gasteiger partial charge on any atom is 0.261 e. The van der Waals surface area contributed by atoms with Crippen LogP contribution in [0.2, 0.25) is 0 Å². The van der Waals surface area contributed by atoms with Crippen LogP contribution in [0, 0.1) is 6.92 Å². The molecule has 0 aromatic heterocycles. The average Bonchev–Trinajstić information content (AvgIpc) is 2.44. The second-order valence-electron chi connectivity index (χ2n) is 5.12. The molecular formula is C15H20N2O3. The predicted octanol–water partition coefficient (Wildman–Crippen LogP) is 1.06. The van der Waals surface area contributed by atoms with Crippen molar-refractivity contribution in [1.29, 1.82) is 0 Å². The number of rotatable bonds is 3. The standard InChI is InChI=1S/C15H20N2O3/c1-11-4-6-13(7-5-11)20-10-14(18)17-9-8-16(3)15(19)12(17)2/h4-7,12H,8-10H2,1-3H3. The van der Waals surface area contributed by atoms with E-state index in [0.29, 0.717) is 18.8 Å². The summed E-state index contributed by atoms with van der Waals surface area (Å²) in [5.74, 6) is 0.483. The summed E-state index contributed by atoms with van der Waals surface area (Å²) in [7, 11) is 1.75. The minimum Gasteiger partial charge on any atom is -0.484 e. The third kappa shape index (κ3) is 3.10. The highest BCUT2D eigenvalue weighted by atomic mass is 16.5. The third-order valence-electron chi connectivity index (χ3n) is 3.58. The fourth-order valence-corrected chi connectivity index (χ4v) is 2.22. The topological polar surface area (TPSA) is 49.9 Å². The molecule has 108 valence electrons. The van der Waals surface area contributed by atoms with Crippen molar-refractivity contribution in [3.63, 3.8) is 0 Å². The Morgan fingerprint density at radius 1 is 1.30 bits per heavy atom. The minimum absolute atomic E-state index is 0.0278. The summed E-state index contributed by atoms with van der Waals surface area (Å²) < 4.78 is 5.47. The quantitative estimate of drug-likeness (QED) is 0.829. The molecule has 1 aromatic rings. The molecule has 1 unspecified atom stereocenters. The highest BCUT2D eigenvalue weighted by Gasteiger charge is 2.32. The number of ether oxygens (including phenoxy) is 1. The van der Waals surface area contributed by atoms with Crippen LogP contribution >= 0.6 is 0 Å². The maximum atomic E-state index is 12.1. The number of likely N-dealkylation sites (N-methyl/N-ethyl adjacent to an activating group) is 1. The lowest BCUT2D eigenvalue weighted by Gasteiger charge is -2.37. The number of benzene rings is 1. The molecule has 2 rings (SSSR count). The first-order chi connectivity index (χ1) is 9.49. The van der Waals surface area contributed by atoms with Crippen molar-refractivity contribution in [1.82, 2.24) is 9.80 Å². The number of hydrogen-bond acceptors (Lipinski definition) is 3. The second-order valence-corrected chi connectivity index (χ2v) is 5.12. The van der Waals surface area contributed by atoms with Crippen LogP contribution in [0.25, 0.3) is 0 Å². The lowest BCUT2D eigenvalue weighted by Crippen LogP contribution is -2.57. The zero-order valence-corrected chi connectivity index (χ0v) is 12.1. The summed E-state index contributed by atoms with van der Waals surface area (Å²) in [5.41, 5.74) is 1.14.